The molecule has 0 spiro atoms. The fraction of sp³-hybridized carbons (Fsp3) is 0.500. The van der Waals surface area contributed by atoms with Crippen molar-refractivity contribution in [1.29, 1.82) is 0 Å². The first-order chi connectivity index (χ1) is 9.61. The van der Waals surface area contributed by atoms with Gasteiger partial charge in [0.2, 0.25) is 0 Å². The molecule has 6 heteroatoms. The Morgan fingerprint density at radius 1 is 1.55 bits per heavy atom. The number of hydrogen-bond donors (Lipinski definition) is 0. The molecule has 1 aromatic rings. The largest absolute Gasteiger partial charge is 0.466 e. The van der Waals surface area contributed by atoms with Crippen LogP contribution in [0.15, 0.2) is 22.9 Å². The molecule has 1 unspecified atom stereocenters. The molecular weight excluding hydrogens is 324 g/mol. The number of esters is 1. The third-order valence-corrected chi connectivity index (χ3v) is 3.74. The average Bonchev–Trinajstić information content (AvgIpc) is 2.47. The molecule has 1 amide bonds. The molecule has 1 fully saturated rings. The van der Waals surface area contributed by atoms with Crippen molar-refractivity contribution in [3.05, 3.63) is 28.5 Å². The lowest BCUT2D eigenvalue weighted by Gasteiger charge is -2.31. The van der Waals surface area contributed by atoms with Crippen molar-refractivity contribution in [2.75, 3.05) is 19.7 Å². The van der Waals surface area contributed by atoms with E-state index in [1.807, 2.05) is 0 Å². The highest BCUT2D eigenvalue weighted by Crippen LogP contribution is 2.20. The number of piperidine rings is 1. The van der Waals surface area contributed by atoms with Crippen LogP contribution in [-0.4, -0.2) is 41.5 Å². The van der Waals surface area contributed by atoms with Gasteiger partial charge in [0, 0.05) is 24.8 Å². The van der Waals surface area contributed by atoms with Gasteiger partial charge in [0.25, 0.3) is 5.91 Å². The van der Waals surface area contributed by atoms with E-state index >= 15 is 0 Å². The summed E-state index contributed by atoms with van der Waals surface area (Å²) in [4.78, 5) is 29.9. The summed E-state index contributed by atoms with van der Waals surface area (Å²) >= 11 is 3.25. The molecule has 0 bridgehead atoms. The molecule has 0 N–H and O–H groups in total. The maximum Gasteiger partial charge on any atom is 0.310 e. The van der Waals surface area contributed by atoms with Crippen LogP contribution in [0.1, 0.15) is 30.1 Å². The fourth-order valence-electron chi connectivity index (χ4n) is 2.33. The summed E-state index contributed by atoms with van der Waals surface area (Å²) in [6.07, 6.45) is 3.19. The Kier molecular flexibility index (Phi) is 5.11. The monoisotopic (exact) mass is 340 g/mol. The highest BCUT2D eigenvalue weighted by atomic mass is 79.9. The van der Waals surface area contributed by atoms with Crippen molar-refractivity contribution in [2.45, 2.75) is 19.8 Å². The smallest absolute Gasteiger partial charge is 0.310 e. The van der Waals surface area contributed by atoms with E-state index < -0.39 is 0 Å². The van der Waals surface area contributed by atoms with Gasteiger partial charge in [-0.3, -0.25) is 9.59 Å². The van der Waals surface area contributed by atoms with Gasteiger partial charge >= 0.3 is 5.97 Å². The van der Waals surface area contributed by atoms with Gasteiger partial charge in [0.15, 0.2) is 0 Å². The molecule has 2 heterocycles. The summed E-state index contributed by atoms with van der Waals surface area (Å²) in [6.45, 7) is 3.27. The minimum atomic E-state index is -0.210. The maximum atomic E-state index is 12.4. The number of nitrogens with zero attached hydrogens (tertiary/aromatic N) is 2. The SMILES string of the molecule is CCOC(=O)C1CCCN(C(=O)c2ccnc(Br)c2)C1. The standard InChI is InChI=1S/C14H17BrN2O3/c1-2-20-14(19)11-4-3-7-17(9-11)13(18)10-5-6-16-12(15)8-10/h5-6,8,11H,2-4,7,9H2,1H3. The Morgan fingerprint density at radius 3 is 3.05 bits per heavy atom. The van der Waals surface area contributed by atoms with Crippen molar-refractivity contribution < 1.29 is 14.3 Å². The van der Waals surface area contributed by atoms with E-state index in [0.717, 1.165) is 12.8 Å². The molecular formula is C14H17BrN2O3. The van der Waals surface area contributed by atoms with Gasteiger partial charge in [-0.25, -0.2) is 4.98 Å². The lowest BCUT2D eigenvalue weighted by atomic mass is 9.97. The molecule has 1 aliphatic rings. The van der Waals surface area contributed by atoms with Crippen molar-refractivity contribution in [3.63, 3.8) is 0 Å². The molecule has 1 aliphatic heterocycles. The summed E-state index contributed by atoms with van der Waals surface area (Å²) in [5, 5.41) is 0. The van der Waals surface area contributed by atoms with Crippen LogP contribution in [0.2, 0.25) is 0 Å². The first-order valence-electron chi connectivity index (χ1n) is 6.69. The first-order valence-corrected chi connectivity index (χ1v) is 7.48. The van der Waals surface area contributed by atoms with Gasteiger partial charge in [-0.2, -0.15) is 0 Å². The van der Waals surface area contributed by atoms with Gasteiger partial charge < -0.3 is 9.64 Å². The van der Waals surface area contributed by atoms with Crippen molar-refractivity contribution >= 4 is 27.8 Å². The number of likely N-dealkylation sites (tertiary alicyclic amines) is 1. The predicted molar refractivity (Wildman–Crippen MR) is 77.2 cm³/mol. The number of aromatic nitrogens is 1. The fourth-order valence-corrected chi connectivity index (χ4v) is 2.70. The van der Waals surface area contributed by atoms with Crippen LogP contribution < -0.4 is 0 Å². The predicted octanol–water partition coefficient (Wildman–Crippen LogP) is 2.26. The summed E-state index contributed by atoms with van der Waals surface area (Å²) in [5.74, 6) is -0.485. The highest BCUT2D eigenvalue weighted by molar-refractivity contribution is 9.10. The number of rotatable bonds is 3. The minimum Gasteiger partial charge on any atom is -0.466 e. The van der Waals surface area contributed by atoms with Crippen LogP contribution in [0.25, 0.3) is 0 Å². The molecule has 1 saturated heterocycles. The van der Waals surface area contributed by atoms with Crippen LogP contribution in [-0.2, 0) is 9.53 Å². The van der Waals surface area contributed by atoms with Crippen molar-refractivity contribution in [1.82, 2.24) is 9.88 Å². The Bertz CT molecular complexity index is 507. The lowest BCUT2D eigenvalue weighted by Crippen LogP contribution is -2.42. The molecule has 5 nitrogen and oxygen atoms in total. The number of carbonyl (C=O) groups excluding carboxylic acids is 2. The van der Waals surface area contributed by atoms with Crippen LogP contribution in [0, 0.1) is 5.92 Å². The number of halogens is 1. The van der Waals surface area contributed by atoms with Crippen molar-refractivity contribution in [2.24, 2.45) is 5.92 Å². The third kappa shape index (κ3) is 3.56. The zero-order chi connectivity index (χ0) is 14.5. The Hall–Kier alpha value is -1.43. The molecule has 1 atom stereocenters. The molecule has 1 aromatic heterocycles. The van der Waals surface area contributed by atoms with E-state index in [4.69, 9.17) is 4.74 Å². The quantitative estimate of drug-likeness (QED) is 0.625. The topological polar surface area (TPSA) is 59.5 Å². The Balaban J connectivity index is 2.05. The van der Waals surface area contributed by atoms with Gasteiger partial charge in [-0.05, 0) is 47.8 Å². The van der Waals surface area contributed by atoms with E-state index in [9.17, 15) is 9.59 Å². The van der Waals surface area contributed by atoms with Crippen molar-refractivity contribution in [3.8, 4) is 0 Å². The molecule has 0 saturated carbocycles. The molecule has 0 aromatic carbocycles. The number of carbonyl (C=O) groups is 2. The molecule has 108 valence electrons. The maximum absolute atomic E-state index is 12.4. The zero-order valence-electron chi connectivity index (χ0n) is 11.3. The van der Waals surface area contributed by atoms with E-state index in [1.165, 1.54) is 0 Å². The summed E-state index contributed by atoms with van der Waals surface area (Å²) in [7, 11) is 0. The Morgan fingerprint density at radius 2 is 2.35 bits per heavy atom. The van der Waals surface area contributed by atoms with Crippen LogP contribution in [0.4, 0.5) is 0 Å². The van der Waals surface area contributed by atoms with Gasteiger partial charge in [-0.15, -0.1) is 0 Å². The van der Waals surface area contributed by atoms with Crippen LogP contribution in [0.5, 0.6) is 0 Å². The summed E-state index contributed by atoms with van der Waals surface area (Å²) < 4.78 is 5.67. The second kappa shape index (κ2) is 6.83. The molecule has 0 aliphatic carbocycles. The molecule has 0 radical (unpaired) electrons. The second-order valence-electron chi connectivity index (χ2n) is 4.71. The van der Waals surface area contributed by atoms with E-state index in [0.29, 0.717) is 29.9 Å². The normalized spacial score (nSPS) is 18.7. The third-order valence-electron chi connectivity index (χ3n) is 3.30. The first kappa shape index (κ1) is 15.0. The number of ether oxygens (including phenoxy) is 1. The van der Waals surface area contributed by atoms with Crippen LogP contribution in [0.3, 0.4) is 0 Å². The second-order valence-corrected chi connectivity index (χ2v) is 5.52. The molecule has 20 heavy (non-hydrogen) atoms. The summed E-state index contributed by atoms with van der Waals surface area (Å²) in [6, 6.07) is 3.37. The summed E-state index contributed by atoms with van der Waals surface area (Å²) in [5.41, 5.74) is 0.580. The van der Waals surface area contributed by atoms with Crippen LogP contribution >= 0.6 is 15.9 Å². The number of hydrogen-bond acceptors (Lipinski definition) is 4. The minimum absolute atomic E-state index is 0.0675. The Labute approximate surface area is 126 Å². The average molecular weight is 341 g/mol. The lowest BCUT2D eigenvalue weighted by molar-refractivity contribution is -0.149. The van der Waals surface area contributed by atoms with Gasteiger partial charge in [0.05, 0.1) is 12.5 Å². The van der Waals surface area contributed by atoms with Gasteiger partial charge in [-0.1, -0.05) is 0 Å². The van der Waals surface area contributed by atoms with Gasteiger partial charge in [0.1, 0.15) is 4.60 Å². The number of amides is 1. The molecule has 2 rings (SSSR count). The zero-order valence-corrected chi connectivity index (χ0v) is 12.9. The highest BCUT2D eigenvalue weighted by Gasteiger charge is 2.29. The van der Waals surface area contributed by atoms with E-state index in [2.05, 4.69) is 20.9 Å². The number of pyridine rings is 1. The van der Waals surface area contributed by atoms with E-state index in [1.54, 1.807) is 30.2 Å². The van der Waals surface area contributed by atoms with E-state index in [-0.39, 0.29) is 17.8 Å².